The molecule has 1 aliphatic rings. The highest BCUT2D eigenvalue weighted by molar-refractivity contribution is 7.12. The van der Waals surface area contributed by atoms with Crippen molar-refractivity contribution in [3.05, 3.63) is 58.9 Å². The number of amides is 2. The van der Waals surface area contributed by atoms with Gasteiger partial charge in [-0.25, -0.2) is 4.98 Å². The van der Waals surface area contributed by atoms with E-state index in [0.717, 1.165) is 28.8 Å². The summed E-state index contributed by atoms with van der Waals surface area (Å²) in [4.78, 5) is 30.7. The Hall–Kier alpha value is -3.13. The Morgan fingerprint density at radius 2 is 2.04 bits per heavy atom. The van der Waals surface area contributed by atoms with Crippen LogP contribution in [0.4, 0.5) is 11.4 Å². The molecule has 4 rings (SSSR count). The Kier molecular flexibility index (Phi) is 4.87. The molecule has 0 bridgehead atoms. The van der Waals surface area contributed by atoms with Crippen LogP contribution in [0.3, 0.4) is 0 Å². The van der Waals surface area contributed by atoms with Gasteiger partial charge in [-0.2, -0.15) is 0 Å². The van der Waals surface area contributed by atoms with Crippen molar-refractivity contribution in [2.75, 3.05) is 29.9 Å². The molecule has 0 radical (unpaired) electrons. The number of aromatic nitrogens is 2. The van der Waals surface area contributed by atoms with E-state index >= 15 is 0 Å². The Balaban J connectivity index is 1.50. The summed E-state index contributed by atoms with van der Waals surface area (Å²) in [5.41, 5.74) is 4.14. The van der Waals surface area contributed by atoms with Crippen LogP contribution in [0.25, 0.3) is 5.13 Å². The first-order chi connectivity index (χ1) is 13.5. The maximum absolute atomic E-state index is 12.8. The number of aryl methyl sites for hydroxylation is 1. The average Bonchev–Trinajstić information content (AvgIpc) is 3.30. The first-order valence-electron chi connectivity index (χ1n) is 9.05. The van der Waals surface area contributed by atoms with Gasteiger partial charge in [0.1, 0.15) is 0 Å². The topological polar surface area (TPSA) is 79.3 Å². The summed E-state index contributed by atoms with van der Waals surface area (Å²) in [6.07, 6.45) is 1.76. The van der Waals surface area contributed by atoms with Crippen LogP contribution in [0.1, 0.15) is 21.7 Å². The molecule has 144 valence electrons. The van der Waals surface area contributed by atoms with Crippen molar-refractivity contribution in [2.45, 2.75) is 13.8 Å². The zero-order chi connectivity index (χ0) is 19.7. The van der Waals surface area contributed by atoms with Gasteiger partial charge in [-0.1, -0.05) is 0 Å². The summed E-state index contributed by atoms with van der Waals surface area (Å²) in [6, 6.07) is 9.45. The quantitative estimate of drug-likeness (QED) is 0.712. The summed E-state index contributed by atoms with van der Waals surface area (Å²) in [7, 11) is 0. The summed E-state index contributed by atoms with van der Waals surface area (Å²) in [5, 5.41) is 8.54. The Bertz CT molecular complexity index is 1010. The minimum Gasteiger partial charge on any atom is -0.360 e. The van der Waals surface area contributed by atoms with Crippen LogP contribution in [0.15, 0.2) is 41.9 Å². The number of hydrogen-bond acceptors (Lipinski definition) is 5. The van der Waals surface area contributed by atoms with E-state index in [1.807, 2.05) is 59.0 Å². The molecule has 0 saturated carbocycles. The number of hydrogen-bond donors (Lipinski definition) is 2. The minimum atomic E-state index is -0.152. The van der Waals surface area contributed by atoms with Crippen molar-refractivity contribution in [2.24, 2.45) is 0 Å². The number of nitrogens with zero attached hydrogens (tertiary/aromatic N) is 3. The molecule has 1 aliphatic heterocycles. The second kappa shape index (κ2) is 7.47. The normalized spacial score (nSPS) is 14.1. The molecule has 1 aromatic carbocycles. The summed E-state index contributed by atoms with van der Waals surface area (Å²) in [6.45, 7) is 5.67. The van der Waals surface area contributed by atoms with Crippen LogP contribution in [0, 0.1) is 13.8 Å². The molecule has 2 amide bonds. The van der Waals surface area contributed by atoms with Crippen molar-refractivity contribution in [1.29, 1.82) is 0 Å². The maximum atomic E-state index is 12.8. The molecule has 0 atom stereocenters. The van der Waals surface area contributed by atoms with Gasteiger partial charge in [-0.3, -0.25) is 14.2 Å². The van der Waals surface area contributed by atoms with Crippen molar-refractivity contribution in [1.82, 2.24) is 14.9 Å². The van der Waals surface area contributed by atoms with E-state index < -0.39 is 0 Å². The van der Waals surface area contributed by atoms with Crippen molar-refractivity contribution in [3.63, 3.8) is 0 Å². The second-order valence-corrected chi connectivity index (χ2v) is 7.58. The van der Waals surface area contributed by atoms with Gasteiger partial charge in [0.15, 0.2) is 5.13 Å². The third kappa shape index (κ3) is 3.50. The number of benzene rings is 1. The highest BCUT2D eigenvalue weighted by Gasteiger charge is 2.19. The molecule has 0 aliphatic carbocycles. The molecular weight excluding hydrogens is 374 g/mol. The number of piperazine rings is 1. The molecule has 0 spiro atoms. The van der Waals surface area contributed by atoms with Crippen LogP contribution in [-0.2, 0) is 4.79 Å². The number of carbonyl (C=O) groups is 2. The van der Waals surface area contributed by atoms with E-state index in [-0.39, 0.29) is 11.8 Å². The lowest BCUT2D eigenvalue weighted by molar-refractivity contribution is -0.120. The van der Waals surface area contributed by atoms with E-state index in [0.29, 0.717) is 24.3 Å². The number of nitrogens with one attached hydrogen (secondary N) is 2. The molecule has 2 aromatic heterocycles. The summed E-state index contributed by atoms with van der Waals surface area (Å²) < 4.78 is 1.99. The summed E-state index contributed by atoms with van der Waals surface area (Å²) in [5.74, 6) is -0.125. The Labute approximate surface area is 167 Å². The molecule has 0 unspecified atom stereocenters. The predicted molar refractivity (Wildman–Crippen MR) is 111 cm³/mol. The first kappa shape index (κ1) is 18.2. The van der Waals surface area contributed by atoms with Gasteiger partial charge >= 0.3 is 0 Å². The largest absolute Gasteiger partial charge is 0.360 e. The fraction of sp³-hybridized carbons (Fsp3) is 0.250. The Morgan fingerprint density at radius 3 is 2.71 bits per heavy atom. The van der Waals surface area contributed by atoms with Gasteiger partial charge in [0, 0.05) is 47.4 Å². The zero-order valence-corrected chi connectivity index (χ0v) is 16.5. The van der Waals surface area contributed by atoms with E-state index in [2.05, 4.69) is 15.6 Å². The highest BCUT2D eigenvalue weighted by atomic mass is 32.1. The fourth-order valence-electron chi connectivity index (χ4n) is 3.43. The second-order valence-electron chi connectivity index (χ2n) is 6.71. The average molecular weight is 395 g/mol. The van der Waals surface area contributed by atoms with Crippen LogP contribution in [-0.4, -0.2) is 41.0 Å². The molecule has 3 heterocycles. The Morgan fingerprint density at radius 1 is 1.25 bits per heavy atom. The lowest BCUT2D eigenvalue weighted by Gasteiger charge is -2.28. The highest BCUT2D eigenvalue weighted by Crippen LogP contribution is 2.24. The monoisotopic (exact) mass is 395 g/mol. The number of anilines is 2. The standard InChI is InChI=1S/C20H21N5O2S/c1-13-11-17(14(2)25(13)20-22-8-10-28-20)19(27)23-15-3-5-16(6-4-15)24-9-7-21-18(26)12-24/h3-6,8,10-11H,7,9,12H2,1-2H3,(H,21,26)(H,23,27). The lowest BCUT2D eigenvalue weighted by atomic mass is 10.2. The third-order valence-electron chi connectivity index (χ3n) is 4.82. The smallest absolute Gasteiger partial charge is 0.257 e. The fourth-order valence-corrected chi connectivity index (χ4v) is 4.18. The van der Waals surface area contributed by atoms with Gasteiger partial charge in [-0.05, 0) is 44.2 Å². The third-order valence-corrected chi connectivity index (χ3v) is 5.57. The van der Waals surface area contributed by atoms with Gasteiger partial charge in [0.05, 0.1) is 12.1 Å². The molecule has 8 heteroatoms. The van der Waals surface area contributed by atoms with Crippen LogP contribution < -0.4 is 15.5 Å². The van der Waals surface area contributed by atoms with Gasteiger partial charge in [0.2, 0.25) is 5.91 Å². The first-order valence-corrected chi connectivity index (χ1v) is 9.93. The zero-order valence-electron chi connectivity index (χ0n) is 15.7. The van der Waals surface area contributed by atoms with E-state index in [1.165, 1.54) is 11.3 Å². The molecule has 28 heavy (non-hydrogen) atoms. The van der Waals surface area contributed by atoms with Gasteiger partial charge in [-0.15, -0.1) is 11.3 Å². The number of rotatable bonds is 4. The summed E-state index contributed by atoms with van der Waals surface area (Å²) >= 11 is 1.54. The predicted octanol–water partition coefficient (Wildman–Crippen LogP) is 2.74. The van der Waals surface area contributed by atoms with Crippen molar-refractivity contribution >= 4 is 34.5 Å². The maximum Gasteiger partial charge on any atom is 0.257 e. The van der Waals surface area contributed by atoms with E-state index in [1.54, 1.807) is 6.20 Å². The van der Waals surface area contributed by atoms with Gasteiger partial charge in [0.25, 0.3) is 5.91 Å². The molecule has 3 aromatic rings. The number of thiazole rings is 1. The lowest BCUT2D eigenvalue weighted by Crippen LogP contribution is -2.47. The molecule has 1 fully saturated rings. The molecule has 2 N–H and O–H groups in total. The van der Waals surface area contributed by atoms with E-state index in [4.69, 9.17) is 0 Å². The SMILES string of the molecule is Cc1cc(C(=O)Nc2ccc(N3CCNC(=O)C3)cc2)c(C)n1-c1nccs1. The van der Waals surface area contributed by atoms with Crippen LogP contribution >= 0.6 is 11.3 Å². The van der Waals surface area contributed by atoms with E-state index in [9.17, 15) is 9.59 Å². The van der Waals surface area contributed by atoms with Gasteiger partial charge < -0.3 is 15.5 Å². The number of carbonyl (C=O) groups excluding carboxylic acids is 2. The van der Waals surface area contributed by atoms with Crippen molar-refractivity contribution < 1.29 is 9.59 Å². The molecular formula is C20H21N5O2S. The molecule has 1 saturated heterocycles. The van der Waals surface area contributed by atoms with Crippen LogP contribution in [0.2, 0.25) is 0 Å². The van der Waals surface area contributed by atoms with Crippen LogP contribution in [0.5, 0.6) is 0 Å². The minimum absolute atomic E-state index is 0.0271. The van der Waals surface area contributed by atoms with Crippen molar-refractivity contribution in [3.8, 4) is 5.13 Å². The molecule has 7 nitrogen and oxygen atoms in total.